The minimum atomic E-state index is -0.0688. The van der Waals surface area contributed by atoms with Crippen LogP contribution >= 0.6 is 0 Å². The molecule has 0 unspecified atom stereocenters. The number of hydrogen-bond acceptors (Lipinski definition) is 4. The van der Waals surface area contributed by atoms with Crippen LogP contribution < -0.4 is 4.74 Å². The zero-order valence-corrected chi connectivity index (χ0v) is 12.6. The van der Waals surface area contributed by atoms with Crippen LogP contribution in [0, 0.1) is 0 Å². The van der Waals surface area contributed by atoms with Crippen LogP contribution in [0.2, 0.25) is 0 Å². The van der Waals surface area contributed by atoms with Gasteiger partial charge >= 0.3 is 0 Å². The molecule has 0 aliphatic carbocycles. The van der Waals surface area contributed by atoms with E-state index in [1.54, 1.807) is 35.1 Å². The van der Waals surface area contributed by atoms with Crippen molar-refractivity contribution < 1.29 is 9.53 Å². The van der Waals surface area contributed by atoms with Crippen molar-refractivity contribution in [2.75, 3.05) is 13.7 Å². The first kappa shape index (κ1) is 15.0. The van der Waals surface area contributed by atoms with E-state index in [9.17, 15) is 4.79 Å². The summed E-state index contributed by atoms with van der Waals surface area (Å²) in [6, 6.07) is 5.49. The Kier molecular flexibility index (Phi) is 4.92. The lowest BCUT2D eigenvalue weighted by Gasteiger charge is -2.19. The lowest BCUT2D eigenvalue weighted by atomic mass is 10.2. The molecule has 21 heavy (non-hydrogen) atoms. The Bertz CT molecular complexity index is 609. The summed E-state index contributed by atoms with van der Waals surface area (Å²) in [4.78, 5) is 18.3. The van der Waals surface area contributed by atoms with E-state index in [1.807, 2.05) is 26.0 Å². The number of ether oxygens (including phenoxy) is 1. The van der Waals surface area contributed by atoms with Gasteiger partial charge in [0, 0.05) is 31.5 Å². The van der Waals surface area contributed by atoms with Crippen molar-refractivity contribution in [3.05, 3.63) is 41.9 Å². The van der Waals surface area contributed by atoms with Crippen molar-refractivity contribution >= 4 is 5.91 Å². The molecular weight excluding hydrogens is 268 g/mol. The van der Waals surface area contributed by atoms with Gasteiger partial charge in [-0.05, 0) is 26.0 Å². The van der Waals surface area contributed by atoms with Gasteiger partial charge in [-0.15, -0.1) is 0 Å². The van der Waals surface area contributed by atoms with Gasteiger partial charge in [0.2, 0.25) is 5.88 Å². The van der Waals surface area contributed by atoms with Crippen LogP contribution in [-0.4, -0.2) is 39.2 Å². The second-order valence-corrected chi connectivity index (χ2v) is 4.59. The van der Waals surface area contributed by atoms with Crippen LogP contribution in [0.5, 0.6) is 5.88 Å². The number of aromatic nitrogens is 3. The molecule has 0 spiro atoms. The number of nitrogens with zero attached hydrogens (tertiary/aromatic N) is 4. The molecule has 2 aromatic rings. The molecule has 6 nitrogen and oxygen atoms in total. The molecule has 0 saturated heterocycles. The van der Waals surface area contributed by atoms with Gasteiger partial charge in [0.1, 0.15) is 5.69 Å². The highest BCUT2D eigenvalue weighted by molar-refractivity contribution is 5.92. The van der Waals surface area contributed by atoms with Crippen molar-refractivity contribution in [3.63, 3.8) is 0 Å². The van der Waals surface area contributed by atoms with E-state index < -0.39 is 0 Å². The van der Waals surface area contributed by atoms with Gasteiger partial charge in [0.25, 0.3) is 5.91 Å². The van der Waals surface area contributed by atoms with E-state index in [-0.39, 0.29) is 5.91 Å². The third-order valence-electron chi connectivity index (χ3n) is 3.12. The molecule has 0 atom stereocenters. The molecule has 0 bridgehead atoms. The fourth-order valence-corrected chi connectivity index (χ4v) is 2.10. The standard InChI is InChI=1S/C15H20N4O2/c1-4-19-13(8-10-17-19)15(20)18(3)11-12-7-6-9-16-14(12)21-5-2/h6-10H,4-5,11H2,1-3H3. The normalized spacial score (nSPS) is 10.4. The van der Waals surface area contributed by atoms with E-state index in [0.29, 0.717) is 31.3 Å². The molecule has 0 aromatic carbocycles. The van der Waals surface area contributed by atoms with Crippen LogP contribution in [0.4, 0.5) is 0 Å². The molecule has 0 saturated carbocycles. The summed E-state index contributed by atoms with van der Waals surface area (Å²) in [5, 5.41) is 4.12. The van der Waals surface area contributed by atoms with Crippen LogP contribution in [0.15, 0.2) is 30.6 Å². The van der Waals surface area contributed by atoms with E-state index in [4.69, 9.17) is 4.74 Å². The Morgan fingerprint density at radius 2 is 2.14 bits per heavy atom. The lowest BCUT2D eigenvalue weighted by molar-refractivity contribution is 0.0771. The Labute approximate surface area is 124 Å². The maximum absolute atomic E-state index is 12.5. The summed E-state index contributed by atoms with van der Waals surface area (Å²) in [7, 11) is 1.76. The third-order valence-corrected chi connectivity index (χ3v) is 3.12. The summed E-state index contributed by atoms with van der Waals surface area (Å²) in [6.45, 7) is 5.52. The zero-order chi connectivity index (χ0) is 15.2. The molecule has 0 N–H and O–H groups in total. The highest BCUT2D eigenvalue weighted by Gasteiger charge is 2.17. The van der Waals surface area contributed by atoms with Crippen LogP contribution in [0.25, 0.3) is 0 Å². The first-order valence-corrected chi connectivity index (χ1v) is 7.01. The fourth-order valence-electron chi connectivity index (χ4n) is 2.10. The van der Waals surface area contributed by atoms with Gasteiger partial charge in [-0.3, -0.25) is 9.48 Å². The summed E-state index contributed by atoms with van der Waals surface area (Å²) in [6.07, 6.45) is 3.32. The van der Waals surface area contributed by atoms with Gasteiger partial charge in [0.15, 0.2) is 0 Å². The Morgan fingerprint density at radius 1 is 1.33 bits per heavy atom. The highest BCUT2D eigenvalue weighted by Crippen LogP contribution is 2.17. The number of aryl methyl sites for hydroxylation is 1. The summed E-state index contributed by atoms with van der Waals surface area (Å²) in [5.74, 6) is 0.504. The number of rotatable bonds is 6. The zero-order valence-electron chi connectivity index (χ0n) is 12.6. The number of carbonyl (C=O) groups is 1. The monoisotopic (exact) mass is 288 g/mol. The van der Waals surface area contributed by atoms with Crippen molar-refractivity contribution in [1.82, 2.24) is 19.7 Å². The molecule has 0 aliphatic heterocycles. The average Bonchev–Trinajstić information content (AvgIpc) is 2.97. The lowest BCUT2D eigenvalue weighted by Crippen LogP contribution is -2.28. The minimum Gasteiger partial charge on any atom is -0.478 e. The van der Waals surface area contributed by atoms with Crippen LogP contribution in [-0.2, 0) is 13.1 Å². The largest absolute Gasteiger partial charge is 0.478 e. The summed E-state index contributed by atoms with van der Waals surface area (Å²) in [5.41, 5.74) is 1.47. The van der Waals surface area contributed by atoms with Crippen LogP contribution in [0.1, 0.15) is 29.9 Å². The van der Waals surface area contributed by atoms with Crippen molar-refractivity contribution in [2.45, 2.75) is 26.9 Å². The SMILES string of the molecule is CCOc1ncccc1CN(C)C(=O)c1ccnn1CC. The number of amides is 1. The molecular formula is C15H20N4O2. The summed E-state index contributed by atoms with van der Waals surface area (Å²) < 4.78 is 7.17. The van der Waals surface area contributed by atoms with Gasteiger partial charge in [-0.1, -0.05) is 6.07 Å². The molecule has 2 aromatic heterocycles. The Hall–Kier alpha value is -2.37. The predicted octanol–water partition coefficient (Wildman–Crippen LogP) is 1.97. The third kappa shape index (κ3) is 3.39. The van der Waals surface area contributed by atoms with E-state index in [0.717, 1.165) is 5.56 Å². The van der Waals surface area contributed by atoms with E-state index in [2.05, 4.69) is 10.1 Å². The molecule has 0 aliphatic rings. The topological polar surface area (TPSA) is 60.2 Å². The highest BCUT2D eigenvalue weighted by atomic mass is 16.5. The van der Waals surface area contributed by atoms with Crippen molar-refractivity contribution in [1.29, 1.82) is 0 Å². The predicted molar refractivity (Wildman–Crippen MR) is 79.1 cm³/mol. The number of pyridine rings is 1. The maximum Gasteiger partial charge on any atom is 0.272 e. The molecule has 2 rings (SSSR count). The number of carbonyl (C=O) groups excluding carboxylic acids is 1. The first-order valence-electron chi connectivity index (χ1n) is 7.01. The van der Waals surface area contributed by atoms with E-state index >= 15 is 0 Å². The van der Waals surface area contributed by atoms with Gasteiger partial charge in [0.05, 0.1) is 13.2 Å². The first-order chi connectivity index (χ1) is 10.2. The molecule has 0 radical (unpaired) electrons. The van der Waals surface area contributed by atoms with Crippen LogP contribution in [0.3, 0.4) is 0 Å². The van der Waals surface area contributed by atoms with E-state index in [1.165, 1.54) is 0 Å². The fraction of sp³-hybridized carbons (Fsp3) is 0.400. The van der Waals surface area contributed by atoms with Crippen molar-refractivity contribution in [2.24, 2.45) is 0 Å². The molecule has 0 fully saturated rings. The second-order valence-electron chi connectivity index (χ2n) is 4.59. The van der Waals surface area contributed by atoms with Gasteiger partial charge in [-0.25, -0.2) is 4.98 Å². The quantitative estimate of drug-likeness (QED) is 0.815. The molecule has 1 amide bonds. The average molecular weight is 288 g/mol. The minimum absolute atomic E-state index is 0.0688. The smallest absolute Gasteiger partial charge is 0.272 e. The molecule has 112 valence electrons. The Morgan fingerprint density at radius 3 is 2.86 bits per heavy atom. The summed E-state index contributed by atoms with van der Waals surface area (Å²) >= 11 is 0. The number of hydrogen-bond donors (Lipinski definition) is 0. The van der Waals surface area contributed by atoms with Gasteiger partial charge in [-0.2, -0.15) is 5.10 Å². The molecule has 2 heterocycles. The van der Waals surface area contributed by atoms with Gasteiger partial charge < -0.3 is 9.64 Å². The Balaban J connectivity index is 2.14. The second kappa shape index (κ2) is 6.88. The van der Waals surface area contributed by atoms with Crippen molar-refractivity contribution in [3.8, 4) is 5.88 Å². The molecule has 6 heteroatoms. The maximum atomic E-state index is 12.5.